The lowest BCUT2D eigenvalue weighted by molar-refractivity contribution is 0.0943. The highest BCUT2D eigenvalue weighted by Crippen LogP contribution is 2.27. The average molecular weight is 470 g/mol. The summed E-state index contributed by atoms with van der Waals surface area (Å²) < 4.78 is 17.7. The van der Waals surface area contributed by atoms with E-state index in [0.29, 0.717) is 43.0 Å². The number of carbonyl (C=O) groups is 1. The number of thioether (sulfide) groups is 1. The molecule has 1 N–H and O–H groups in total. The minimum absolute atomic E-state index is 0.185. The number of morpholine rings is 1. The molecule has 0 aromatic carbocycles. The summed E-state index contributed by atoms with van der Waals surface area (Å²) in [4.78, 5) is 24.2. The maximum Gasteiger partial charge on any atom is 0.273 e. The Morgan fingerprint density at radius 3 is 2.91 bits per heavy atom. The SMILES string of the molecule is CCSc1nc(N2CCOCC2)c2cnn(CCNC(=O)c3cc(-c4ccco4)on3)c2n1. The first kappa shape index (κ1) is 21.5. The number of aromatic nitrogens is 5. The van der Waals surface area contributed by atoms with Gasteiger partial charge in [0.2, 0.25) is 5.76 Å². The van der Waals surface area contributed by atoms with Gasteiger partial charge in [-0.25, -0.2) is 14.6 Å². The highest BCUT2D eigenvalue weighted by molar-refractivity contribution is 7.99. The Hall–Kier alpha value is -3.38. The van der Waals surface area contributed by atoms with Crippen LogP contribution in [0.4, 0.5) is 5.82 Å². The number of hydrogen-bond acceptors (Lipinski definition) is 10. The molecule has 0 spiro atoms. The zero-order valence-electron chi connectivity index (χ0n) is 18.1. The number of ether oxygens (including phenoxy) is 1. The Morgan fingerprint density at radius 1 is 1.24 bits per heavy atom. The number of anilines is 1. The summed E-state index contributed by atoms with van der Waals surface area (Å²) >= 11 is 1.59. The van der Waals surface area contributed by atoms with Gasteiger partial charge in [-0.1, -0.05) is 23.8 Å². The molecule has 0 radical (unpaired) electrons. The predicted octanol–water partition coefficient (Wildman–Crippen LogP) is 2.45. The van der Waals surface area contributed by atoms with Crippen LogP contribution in [0.1, 0.15) is 17.4 Å². The van der Waals surface area contributed by atoms with E-state index in [0.717, 1.165) is 35.7 Å². The molecule has 172 valence electrons. The van der Waals surface area contributed by atoms with Crippen LogP contribution in [0.2, 0.25) is 0 Å². The lowest BCUT2D eigenvalue weighted by Crippen LogP contribution is -2.37. The van der Waals surface area contributed by atoms with Crippen molar-refractivity contribution in [1.29, 1.82) is 0 Å². The summed E-state index contributed by atoms with van der Waals surface area (Å²) in [6.45, 7) is 5.78. The quantitative estimate of drug-likeness (QED) is 0.304. The van der Waals surface area contributed by atoms with E-state index in [-0.39, 0.29) is 11.6 Å². The van der Waals surface area contributed by atoms with Crippen molar-refractivity contribution in [3.05, 3.63) is 36.4 Å². The van der Waals surface area contributed by atoms with Crippen molar-refractivity contribution >= 4 is 34.5 Å². The molecular formula is C21H23N7O4S. The first-order valence-corrected chi connectivity index (χ1v) is 11.7. The minimum atomic E-state index is -0.334. The fraction of sp³-hybridized carbons (Fsp3) is 0.381. The first-order chi connectivity index (χ1) is 16.2. The Kier molecular flexibility index (Phi) is 6.26. The van der Waals surface area contributed by atoms with Crippen LogP contribution in [0.25, 0.3) is 22.6 Å². The molecule has 0 bridgehead atoms. The first-order valence-electron chi connectivity index (χ1n) is 10.7. The normalized spacial score (nSPS) is 14.2. The Labute approximate surface area is 193 Å². The molecule has 1 aliphatic rings. The van der Waals surface area contributed by atoms with Crippen molar-refractivity contribution in [3.8, 4) is 11.5 Å². The van der Waals surface area contributed by atoms with Gasteiger partial charge < -0.3 is 23.9 Å². The molecule has 5 heterocycles. The average Bonchev–Trinajstić information content (AvgIpc) is 3.60. The van der Waals surface area contributed by atoms with Gasteiger partial charge in [-0.3, -0.25) is 4.79 Å². The Bertz CT molecular complexity index is 1230. The summed E-state index contributed by atoms with van der Waals surface area (Å²) in [5, 5.41) is 12.8. The van der Waals surface area contributed by atoms with Crippen molar-refractivity contribution in [2.24, 2.45) is 0 Å². The van der Waals surface area contributed by atoms with Crippen LogP contribution in [-0.2, 0) is 11.3 Å². The number of fused-ring (bicyclic) bond motifs is 1. The third kappa shape index (κ3) is 4.57. The van der Waals surface area contributed by atoms with Gasteiger partial charge in [-0.05, 0) is 17.9 Å². The fourth-order valence-electron chi connectivity index (χ4n) is 3.58. The van der Waals surface area contributed by atoms with Gasteiger partial charge in [0.05, 0.1) is 37.6 Å². The van der Waals surface area contributed by atoms with E-state index >= 15 is 0 Å². The predicted molar refractivity (Wildman–Crippen MR) is 121 cm³/mol. The van der Waals surface area contributed by atoms with Crippen molar-refractivity contribution < 1.29 is 18.5 Å². The molecule has 33 heavy (non-hydrogen) atoms. The van der Waals surface area contributed by atoms with E-state index in [1.165, 1.54) is 6.26 Å². The van der Waals surface area contributed by atoms with Crippen LogP contribution in [0.15, 0.2) is 44.8 Å². The molecule has 0 aliphatic carbocycles. The topological polar surface area (TPSA) is 124 Å². The molecule has 5 rings (SSSR count). The third-order valence-electron chi connectivity index (χ3n) is 5.16. The van der Waals surface area contributed by atoms with Crippen molar-refractivity contribution in [2.45, 2.75) is 18.6 Å². The zero-order chi connectivity index (χ0) is 22.6. The largest absolute Gasteiger partial charge is 0.461 e. The highest BCUT2D eigenvalue weighted by Gasteiger charge is 2.20. The van der Waals surface area contributed by atoms with E-state index in [1.54, 1.807) is 40.8 Å². The zero-order valence-corrected chi connectivity index (χ0v) is 18.9. The van der Waals surface area contributed by atoms with Gasteiger partial charge in [0, 0.05) is 25.7 Å². The number of furan rings is 1. The minimum Gasteiger partial charge on any atom is -0.461 e. The smallest absolute Gasteiger partial charge is 0.273 e. The van der Waals surface area contributed by atoms with E-state index in [1.807, 2.05) is 0 Å². The van der Waals surface area contributed by atoms with Gasteiger partial charge in [0.25, 0.3) is 5.91 Å². The summed E-state index contributed by atoms with van der Waals surface area (Å²) in [6, 6.07) is 5.03. The molecular weight excluding hydrogens is 446 g/mol. The molecule has 1 saturated heterocycles. The van der Waals surface area contributed by atoms with Crippen LogP contribution in [-0.4, -0.2) is 69.4 Å². The van der Waals surface area contributed by atoms with Crippen LogP contribution in [0.5, 0.6) is 0 Å². The molecule has 0 unspecified atom stereocenters. The van der Waals surface area contributed by atoms with E-state index in [2.05, 4.69) is 27.4 Å². The molecule has 11 nitrogen and oxygen atoms in total. The molecule has 1 aliphatic heterocycles. The molecule has 4 aromatic heterocycles. The Balaban J connectivity index is 1.30. The Morgan fingerprint density at radius 2 is 2.12 bits per heavy atom. The molecule has 12 heteroatoms. The van der Waals surface area contributed by atoms with Crippen LogP contribution >= 0.6 is 11.8 Å². The van der Waals surface area contributed by atoms with Gasteiger partial charge in [0.1, 0.15) is 5.82 Å². The molecule has 4 aromatic rings. The third-order valence-corrected chi connectivity index (χ3v) is 5.89. The maximum atomic E-state index is 12.5. The second kappa shape index (κ2) is 9.63. The van der Waals surface area contributed by atoms with E-state index < -0.39 is 0 Å². The monoisotopic (exact) mass is 469 g/mol. The van der Waals surface area contributed by atoms with E-state index in [4.69, 9.17) is 23.6 Å². The maximum absolute atomic E-state index is 12.5. The van der Waals surface area contributed by atoms with Gasteiger partial charge in [-0.2, -0.15) is 5.10 Å². The lowest BCUT2D eigenvalue weighted by atomic mass is 10.3. The molecule has 1 fully saturated rings. The lowest BCUT2D eigenvalue weighted by Gasteiger charge is -2.28. The van der Waals surface area contributed by atoms with Gasteiger partial charge >= 0.3 is 0 Å². The number of nitrogens with one attached hydrogen (secondary N) is 1. The second-order valence-electron chi connectivity index (χ2n) is 7.28. The number of rotatable bonds is 8. The van der Waals surface area contributed by atoms with Crippen molar-refractivity contribution in [3.63, 3.8) is 0 Å². The van der Waals surface area contributed by atoms with Crippen LogP contribution in [0.3, 0.4) is 0 Å². The summed E-state index contributed by atoms with van der Waals surface area (Å²) in [5.41, 5.74) is 0.934. The summed E-state index contributed by atoms with van der Waals surface area (Å²) in [7, 11) is 0. The molecule has 0 atom stereocenters. The van der Waals surface area contributed by atoms with Crippen LogP contribution < -0.4 is 10.2 Å². The standard InChI is InChI=1S/C21H23N7O4S/c1-2-33-21-24-18(27-7-10-30-11-8-27)14-13-23-28(19(14)25-21)6-5-22-20(29)15-12-17(32-26-15)16-4-3-9-31-16/h3-4,9,12-13H,2,5-8,10-11H2,1H3,(H,22,29). The molecule has 1 amide bonds. The fourth-order valence-corrected chi connectivity index (χ4v) is 4.14. The van der Waals surface area contributed by atoms with E-state index in [9.17, 15) is 4.79 Å². The summed E-state index contributed by atoms with van der Waals surface area (Å²) in [6.07, 6.45) is 3.32. The van der Waals surface area contributed by atoms with Crippen molar-refractivity contribution in [2.75, 3.05) is 43.5 Å². The number of carbonyl (C=O) groups excluding carboxylic acids is 1. The number of nitrogens with zero attached hydrogens (tertiary/aromatic N) is 6. The number of amides is 1. The number of hydrogen-bond donors (Lipinski definition) is 1. The summed E-state index contributed by atoms with van der Waals surface area (Å²) in [5.74, 6) is 2.33. The van der Waals surface area contributed by atoms with Gasteiger partial charge in [-0.15, -0.1) is 0 Å². The second-order valence-corrected chi connectivity index (χ2v) is 8.51. The van der Waals surface area contributed by atoms with Crippen molar-refractivity contribution in [1.82, 2.24) is 30.2 Å². The highest BCUT2D eigenvalue weighted by atomic mass is 32.2. The van der Waals surface area contributed by atoms with Gasteiger partial charge in [0.15, 0.2) is 22.3 Å². The van der Waals surface area contributed by atoms with Crippen LogP contribution in [0, 0.1) is 0 Å². The molecule has 0 saturated carbocycles.